The summed E-state index contributed by atoms with van der Waals surface area (Å²) >= 11 is 0. The summed E-state index contributed by atoms with van der Waals surface area (Å²) in [7, 11) is 1.70. The maximum absolute atomic E-state index is 11.6. The van der Waals surface area contributed by atoms with Crippen LogP contribution >= 0.6 is 0 Å². The normalized spacial score (nSPS) is 14.2. The number of hydrogen-bond donors (Lipinski definition) is 2. The van der Waals surface area contributed by atoms with Gasteiger partial charge in [-0.25, -0.2) is 0 Å². The van der Waals surface area contributed by atoms with Gasteiger partial charge in [-0.05, 0) is 20.3 Å². The molecule has 5 heteroatoms. The van der Waals surface area contributed by atoms with Crippen LogP contribution in [0.1, 0.15) is 27.2 Å². The second-order valence-corrected chi connectivity index (χ2v) is 3.60. The highest BCUT2D eigenvalue weighted by Crippen LogP contribution is 1.93. The highest BCUT2D eigenvalue weighted by molar-refractivity contribution is 5.89. The van der Waals surface area contributed by atoms with E-state index in [1.165, 1.54) is 0 Å². The Bertz CT molecular complexity index is 231. The van der Waals surface area contributed by atoms with Crippen LogP contribution in [-0.4, -0.2) is 42.4 Å². The maximum Gasteiger partial charge on any atom is 0.244 e. The van der Waals surface area contributed by atoms with Crippen molar-refractivity contribution in [3.8, 4) is 0 Å². The van der Waals surface area contributed by atoms with Gasteiger partial charge in [0.1, 0.15) is 6.04 Å². The Balaban J connectivity index is 4.18. The minimum Gasteiger partial charge on any atom is -0.344 e. The second-order valence-electron chi connectivity index (χ2n) is 3.60. The van der Waals surface area contributed by atoms with E-state index in [2.05, 4.69) is 5.32 Å². The van der Waals surface area contributed by atoms with Crippen molar-refractivity contribution < 1.29 is 9.59 Å². The largest absolute Gasteiger partial charge is 0.344 e. The van der Waals surface area contributed by atoms with Gasteiger partial charge in [-0.1, -0.05) is 6.92 Å². The molecule has 0 spiro atoms. The molecule has 5 nitrogen and oxygen atoms in total. The predicted molar refractivity (Wildman–Crippen MR) is 59.2 cm³/mol. The molecule has 88 valence electrons. The van der Waals surface area contributed by atoms with E-state index in [1.807, 2.05) is 13.8 Å². The molecule has 0 heterocycles. The summed E-state index contributed by atoms with van der Waals surface area (Å²) < 4.78 is 0. The highest BCUT2D eigenvalue weighted by atomic mass is 16.2. The summed E-state index contributed by atoms with van der Waals surface area (Å²) in [5, 5.41) is 2.59. The molecule has 2 atom stereocenters. The van der Waals surface area contributed by atoms with Crippen LogP contribution in [0.4, 0.5) is 0 Å². The number of nitrogens with zero attached hydrogens (tertiary/aromatic N) is 1. The average Bonchev–Trinajstić information content (AvgIpc) is 2.25. The molecule has 3 N–H and O–H groups in total. The number of hydrogen-bond acceptors (Lipinski definition) is 3. The highest BCUT2D eigenvalue weighted by Gasteiger charge is 2.20. The Hall–Kier alpha value is -1.10. The Kier molecular flexibility index (Phi) is 5.93. The quantitative estimate of drug-likeness (QED) is 0.661. The Morgan fingerprint density at radius 2 is 1.93 bits per heavy atom. The molecule has 0 aliphatic rings. The summed E-state index contributed by atoms with van der Waals surface area (Å²) in [4.78, 5) is 24.5. The van der Waals surface area contributed by atoms with Crippen molar-refractivity contribution in [1.29, 1.82) is 0 Å². The van der Waals surface area contributed by atoms with Gasteiger partial charge in [-0.2, -0.15) is 0 Å². The molecule has 15 heavy (non-hydrogen) atoms. The molecule has 0 fully saturated rings. The fraction of sp³-hybridized carbons (Fsp3) is 0.800. The van der Waals surface area contributed by atoms with Crippen LogP contribution in [0.3, 0.4) is 0 Å². The van der Waals surface area contributed by atoms with Crippen molar-refractivity contribution in [2.24, 2.45) is 5.73 Å². The molecular weight excluding hydrogens is 194 g/mol. The van der Waals surface area contributed by atoms with Crippen molar-refractivity contribution in [2.45, 2.75) is 39.3 Å². The van der Waals surface area contributed by atoms with Gasteiger partial charge < -0.3 is 16.0 Å². The molecule has 0 aromatic heterocycles. The lowest BCUT2D eigenvalue weighted by Gasteiger charge is -2.21. The summed E-state index contributed by atoms with van der Waals surface area (Å²) in [6, 6.07) is -1.05. The van der Waals surface area contributed by atoms with Gasteiger partial charge in [0.05, 0.1) is 6.04 Å². The molecule has 0 rings (SSSR count). The molecule has 0 radical (unpaired) electrons. The van der Waals surface area contributed by atoms with Gasteiger partial charge in [0.2, 0.25) is 11.8 Å². The average molecular weight is 215 g/mol. The molecule has 1 unspecified atom stereocenters. The minimum atomic E-state index is -0.535. The van der Waals surface area contributed by atoms with E-state index in [1.54, 1.807) is 18.9 Å². The zero-order valence-corrected chi connectivity index (χ0v) is 9.91. The maximum atomic E-state index is 11.6. The van der Waals surface area contributed by atoms with E-state index in [9.17, 15) is 9.59 Å². The van der Waals surface area contributed by atoms with Crippen molar-refractivity contribution >= 4 is 11.8 Å². The topological polar surface area (TPSA) is 75.4 Å². The lowest BCUT2D eigenvalue weighted by atomic mass is 10.2. The van der Waals surface area contributed by atoms with E-state index >= 15 is 0 Å². The van der Waals surface area contributed by atoms with Gasteiger partial charge in [-0.3, -0.25) is 9.59 Å². The lowest BCUT2D eigenvalue weighted by Crippen LogP contribution is -2.50. The molecule has 0 saturated heterocycles. The molecule has 0 aliphatic carbocycles. The number of carbonyl (C=O) groups is 2. The minimum absolute atomic E-state index is 0.103. The van der Waals surface area contributed by atoms with Crippen molar-refractivity contribution in [1.82, 2.24) is 10.2 Å². The lowest BCUT2D eigenvalue weighted by molar-refractivity contribution is -0.135. The van der Waals surface area contributed by atoms with Crippen molar-refractivity contribution in [3.05, 3.63) is 0 Å². The fourth-order valence-electron chi connectivity index (χ4n) is 1.05. The first-order chi connectivity index (χ1) is 6.93. The monoisotopic (exact) mass is 215 g/mol. The molecule has 2 amide bonds. The third-order valence-electron chi connectivity index (χ3n) is 2.36. The zero-order valence-electron chi connectivity index (χ0n) is 9.91. The van der Waals surface area contributed by atoms with Crippen LogP contribution in [0.15, 0.2) is 0 Å². The van der Waals surface area contributed by atoms with Gasteiger partial charge in [0, 0.05) is 13.6 Å². The van der Waals surface area contributed by atoms with E-state index in [4.69, 9.17) is 5.73 Å². The molecule has 0 aromatic carbocycles. The van der Waals surface area contributed by atoms with Crippen LogP contribution in [0.5, 0.6) is 0 Å². The van der Waals surface area contributed by atoms with Crippen LogP contribution in [0, 0.1) is 0 Å². The summed E-state index contributed by atoms with van der Waals surface area (Å²) in [5.74, 6) is -0.378. The summed E-state index contributed by atoms with van der Waals surface area (Å²) in [6.45, 7) is 5.99. The van der Waals surface area contributed by atoms with Gasteiger partial charge in [0.25, 0.3) is 0 Å². The second kappa shape index (κ2) is 6.40. The number of likely N-dealkylation sites (N-methyl/N-ethyl adjacent to an activating group) is 1. The molecule has 0 saturated carbocycles. The number of amides is 2. The van der Waals surface area contributed by atoms with Gasteiger partial charge in [0.15, 0.2) is 0 Å². The van der Waals surface area contributed by atoms with Crippen LogP contribution in [0.25, 0.3) is 0 Å². The van der Waals surface area contributed by atoms with Gasteiger partial charge in [-0.15, -0.1) is 0 Å². The molecule has 0 bridgehead atoms. The first kappa shape index (κ1) is 13.9. The van der Waals surface area contributed by atoms with Crippen LogP contribution < -0.4 is 11.1 Å². The first-order valence-electron chi connectivity index (χ1n) is 5.24. The smallest absolute Gasteiger partial charge is 0.244 e. The molecule has 0 aromatic rings. The summed E-state index contributed by atoms with van der Waals surface area (Å²) in [5.41, 5.74) is 5.54. The third kappa shape index (κ3) is 4.29. The molecule has 0 aliphatic heterocycles. The van der Waals surface area contributed by atoms with E-state index in [0.717, 1.165) is 0 Å². The molecular formula is C10H21N3O2. The SMILES string of the molecule is CC[C@H](N)C(=O)NC(C)C(=O)N(C)CC. The number of carbonyl (C=O) groups excluding carboxylic acids is 2. The number of nitrogens with two attached hydrogens (primary N) is 1. The Morgan fingerprint density at radius 1 is 1.40 bits per heavy atom. The van der Waals surface area contributed by atoms with Gasteiger partial charge >= 0.3 is 0 Å². The van der Waals surface area contributed by atoms with E-state index in [-0.39, 0.29) is 11.8 Å². The number of nitrogens with one attached hydrogen (secondary N) is 1. The fourth-order valence-corrected chi connectivity index (χ4v) is 1.05. The van der Waals surface area contributed by atoms with Crippen molar-refractivity contribution in [2.75, 3.05) is 13.6 Å². The van der Waals surface area contributed by atoms with Crippen LogP contribution in [0.2, 0.25) is 0 Å². The van der Waals surface area contributed by atoms with E-state index in [0.29, 0.717) is 13.0 Å². The Labute approximate surface area is 91.0 Å². The third-order valence-corrected chi connectivity index (χ3v) is 2.36. The standard InChI is InChI=1S/C10H21N3O2/c1-5-8(11)9(14)12-7(3)10(15)13(4)6-2/h7-8H,5-6,11H2,1-4H3,(H,12,14)/t7?,8-/m0/s1. The van der Waals surface area contributed by atoms with Crippen LogP contribution in [-0.2, 0) is 9.59 Å². The zero-order chi connectivity index (χ0) is 12.0. The summed E-state index contributed by atoms with van der Waals surface area (Å²) in [6.07, 6.45) is 0.566. The predicted octanol–water partition coefficient (Wildman–Crippen LogP) is -0.293. The van der Waals surface area contributed by atoms with E-state index < -0.39 is 12.1 Å². The number of rotatable bonds is 5. The first-order valence-corrected chi connectivity index (χ1v) is 5.24. The Morgan fingerprint density at radius 3 is 2.33 bits per heavy atom. The van der Waals surface area contributed by atoms with Crippen molar-refractivity contribution in [3.63, 3.8) is 0 Å².